The van der Waals surface area contributed by atoms with E-state index in [9.17, 15) is 5.11 Å². The monoisotopic (exact) mass is 251 g/mol. The van der Waals surface area contributed by atoms with Gasteiger partial charge in [0, 0.05) is 30.9 Å². The molecule has 0 saturated heterocycles. The van der Waals surface area contributed by atoms with Crippen LogP contribution in [0, 0.1) is 13.8 Å². The van der Waals surface area contributed by atoms with Crippen LogP contribution >= 0.6 is 0 Å². The van der Waals surface area contributed by atoms with E-state index in [0.717, 1.165) is 44.5 Å². The lowest BCUT2D eigenvalue weighted by atomic mass is 9.80. The number of hydrogen-bond donors (Lipinski definition) is 2. The minimum Gasteiger partial charge on any atom is -0.389 e. The molecule has 0 bridgehead atoms. The van der Waals surface area contributed by atoms with Crippen molar-refractivity contribution in [3.8, 4) is 0 Å². The van der Waals surface area contributed by atoms with Crippen LogP contribution in [-0.2, 0) is 13.1 Å². The topological polar surface area (TPSA) is 50.1 Å². The van der Waals surface area contributed by atoms with Gasteiger partial charge in [-0.3, -0.25) is 4.68 Å². The Balaban J connectivity index is 1.92. The van der Waals surface area contributed by atoms with Gasteiger partial charge in [0.15, 0.2) is 0 Å². The Morgan fingerprint density at radius 1 is 1.39 bits per heavy atom. The van der Waals surface area contributed by atoms with E-state index in [4.69, 9.17) is 0 Å². The Morgan fingerprint density at radius 3 is 2.67 bits per heavy atom. The van der Waals surface area contributed by atoms with Gasteiger partial charge in [0.05, 0.1) is 11.3 Å². The van der Waals surface area contributed by atoms with Crippen LogP contribution in [0.15, 0.2) is 0 Å². The number of aromatic nitrogens is 2. The fraction of sp³-hybridized carbons (Fsp3) is 0.786. The van der Waals surface area contributed by atoms with Crippen LogP contribution in [0.1, 0.15) is 49.6 Å². The van der Waals surface area contributed by atoms with Gasteiger partial charge in [0.25, 0.3) is 0 Å². The number of hydrogen-bond acceptors (Lipinski definition) is 3. The van der Waals surface area contributed by atoms with E-state index in [2.05, 4.69) is 35.9 Å². The molecule has 18 heavy (non-hydrogen) atoms. The van der Waals surface area contributed by atoms with E-state index >= 15 is 0 Å². The highest BCUT2D eigenvalue weighted by atomic mass is 16.3. The van der Waals surface area contributed by atoms with Crippen molar-refractivity contribution in [2.24, 2.45) is 0 Å². The lowest BCUT2D eigenvalue weighted by Crippen LogP contribution is -2.46. The Labute approximate surface area is 109 Å². The summed E-state index contributed by atoms with van der Waals surface area (Å²) in [6.45, 7) is 8.85. The highest BCUT2D eigenvalue weighted by Gasteiger charge is 2.33. The molecule has 1 aromatic heterocycles. The summed E-state index contributed by atoms with van der Waals surface area (Å²) >= 11 is 0. The summed E-state index contributed by atoms with van der Waals surface area (Å²) in [4.78, 5) is 0. The Bertz CT molecular complexity index is 407. The molecule has 0 radical (unpaired) electrons. The molecule has 1 aromatic rings. The van der Waals surface area contributed by atoms with Crippen LogP contribution in [0.2, 0.25) is 0 Å². The van der Waals surface area contributed by atoms with Crippen molar-refractivity contribution < 1.29 is 5.11 Å². The molecule has 1 heterocycles. The first-order chi connectivity index (χ1) is 8.56. The van der Waals surface area contributed by atoms with Crippen molar-refractivity contribution in [1.29, 1.82) is 0 Å². The fourth-order valence-corrected chi connectivity index (χ4v) is 2.60. The standard InChI is InChI=1S/C14H25N3O/c1-4-8-17-12(3)13(11(2)16-17)9-15-10-14(18)6-5-7-14/h15,18H,4-10H2,1-3H3. The predicted molar refractivity (Wildman–Crippen MR) is 72.5 cm³/mol. The summed E-state index contributed by atoms with van der Waals surface area (Å²) in [6, 6.07) is 0. The molecule has 0 amide bonds. The van der Waals surface area contributed by atoms with Gasteiger partial charge in [-0.05, 0) is 39.5 Å². The van der Waals surface area contributed by atoms with Crippen LogP contribution in [0.4, 0.5) is 0 Å². The molecule has 1 fully saturated rings. The van der Waals surface area contributed by atoms with Gasteiger partial charge in [-0.2, -0.15) is 5.10 Å². The normalized spacial score (nSPS) is 17.8. The van der Waals surface area contributed by atoms with Gasteiger partial charge in [0.1, 0.15) is 0 Å². The molecule has 1 saturated carbocycles. The summed E-state index contributed by atoms with van der Waals surface area (Å²) in [5.41, 5.74) is 3.20. The second-order valence-electron chi connectivity index (χ2n) is 5.55. The smallest absolute Gasteiger partial charge is 0.0771 e. The summed E-state index contributed by atoms with van der Waals surface area (Å²) in [5, 5.41) is 18.0. The van der Waals surface area contributed by atoms with Crippen molar-refractivity contribution in [2.75, 3.05) is 6.54 Å². The first kappa shape index (κ1) is 13.6. The molecule has 0 unspecified atom stereocenters. The highest BCUT2D eigenvalue weighted by molar-refractivity contribution is 5.24. The van der Waals surface area contributed by atoms with Crippen LogP contribution in [0.25, 0.3) is 0 Å². The molecule has 4 heteroatoms. The van der Waals surface area contributed by atoms with Crippen LogP contribution < -0.4 is 5.32 Å². The third-order valence-electron chi connectivity index (χ3n) is 4.01. The van der Waals surface area contributed by atoms with E-state index in [1.165, 1.54) is 11.3 Å². The van der Waals surface area contributed by atoms with Crippen molar-refractivity contribution in [3.05, 3.63) is 17.0 Å². The second-order valence-corrected chi connectivity index (χ2v) is 5.55. The summed E-state index contributed by atoms with van der Waals surface area (Å²) < 4.78 is 2.09. The Hall–Kier alpha value is -0.870. The van der Waals surface area contributed by atoms with E-state index in [-0.39, 0.29) is 0 Å². The van der Waals surface area contributed by atoms with Gasteiger partial charge in [0.2, 0.25) is 0 Å². The quantitative estimate of drug-likeness (QED) is 0.812. The Kier molecular flexibility index (Phi) is 4.07. The first-order valence-corrected chi connectivity index (χ1v) is 7.02. The predicted octanol–water partition coefficient (Wildman–Crippen LogP) is 1.91. The number of aliphatic hydroxyl groups is 1. The first-order valence-electron chi connectivity index (χ1n) is 7.02. The van der Waals surface area contributed by atoms with E-state index < -0.39 is 5.60 Å². The minimum atomic E-state index is -0.443. The van der Waals surface area contributed by atoms with Gasteiger partial charge in [-0.25, -0.2) is 0 Å². The lowest BCUT2D eigenvalue weighted by molar-refractivity contribution is -0.0315. The molecule has 102 valence electrons. The fourth-order valence-electron chi connectivity index (χ4n) is 2.60. The molecular formula is C14H25N3O. The highest BCUT2D eigenvalue weighted by Crippen LogP contribution is 2.30. The van der Waals surface area contributed by atoms with Crippen molar-refractivity contribution in [3.63, 3.8) is 0 Å². The zero-order chi connectivity index (χ0) is 13.2. The zero-order valence-corrected chi connectivity index (χ0v) is 11.8. The number of nitrogens with zero attached hydrogens (tertiary/aromatic N) is 2. The van der Waals surface area contributed by atoms with Crippen LogP contribution in [0.5, 0.6) is 0 Å². The molecular weight excluding hydrogens is 226 g/mol. The molecule has 2 N–H and O–H groups in total. The molecule has 1 aliphatic carbocycles. The maximum atomic E-state index is 10.0. The number of nitrogens with one attached hydrogen (secondary N) is 1. The molecule has 4 nitrogen and oxygen atoms in total. The molecule has 0 spiro atoms. The SMILES string of the molecule is CCCn1nc(C)c(CNCC2(O)CCC2)c1C. The summed E-state index contributed by atoms with van der Waals surface area (Å²) in [6.07, 6.45) is 4.14. The lowest BCUT2D eigenvalue weighted by Gasteiger charge is -2.36. The summed E-state index contributed by atoms with van der Waals surface area (Å²) in [7, 11) is 0. The number of aryl methyl sites for hydroxylation is 2. The molecule has 0 atom stereocenters. The van der Waals surface area contributed by atoms with Gasteiger partial charge < -0.3 is 10.4 Å². The van der Waals surface area contributed by atoms with Crippen molar-refractivity contribution >= 4 is 0 Å². The maximum Gasteiger partial charge on any atom is 0.0771 e. The molecule has 2 rings (SSSR count). The van der Waals surface area contributed by atoms with Gasteiger partial charge >= 0.3 is 0 Å². The maximum absolute atomic E-state index is 10.0. The molecule has 0 aromatic carbocycles. The largest absolute Gasteiger partial charge is 0.389 e. The van der Waals surface area contributed by atoms with Crippen LogP contribution in [-0.4, -0.2) is 27.0 Å². The van der Waals surface area contributed by atoms with Crippen molar-refractivity contribution in [2.45, 2.75) is 65.1 Å². The molecule has 0 aliphatic heterocycles. The Morgan fingerprint density at radius 2 is 2.11 bits per heavy atom. The zero-order valence-electron chi connectivity index (χ0n) is 11.8. The molecule has 1 aliphatic rings. The second kappa shape index (κ2) is 5.41. The van der Waals surface area contributed by atoms with Crippen molar-refractivity contribution in [1.82, 2.24) is 15.1 Å². The third kappa shape index (κ3) is 2.75. The average molecular weight is 251 g/mol. The van der Waals surface area contributed by atoms with Gasteiger partial charge in [-0.15, -0.1) is 0 Å². The van der Waals surface area contributed by atoms with Crippen LogP contribution in [0.3, 0.4) is 0 Å². The van der Waals surface area contributed by atoms with E-state index in [0.29, 0.717) is 6.54 Å². The third-order valence-corrected chi connectivity index (χ3v) is 4.01. The van der Waals surface area contributed by atoms with Gasteiger partial charge in [-0.1, -0.05) is 6.92 Å². The minimum absolute atomic E-state index is 0.443. The summed E-state index contributed by atoms with van der Waals surface area (Å²) in [5.74, 6) is 0. The number of rotatable bonds is 6. The average Bonchev–Trinajstić information content (AvgIpc) is 2.55. The van der Waals surface area contributed by atoms with E-state index in [1.54, 1.807) is 0 Å². The van der Waals surface area contributed by atoms with E-state index in [1.807, 2.05) is 0 Å².